The van der Waals surface area contributed by atoms with Gasteiger partial charge in [-0.15, -0.1) is 0 Å². The molecule has 2 nitrogen and oxygen atoms in total. The molecular formula is C9H12F3NO. The van der Waals surface area contributed by atoms with E-state index in [9.17, 15) is 13.2 Å². The molecule has 5 heteroatoms. The lowest BCUT2D eigenvalue weighted by atomic mass is 10.3. The lowest BCUT2D eigenvalue weighted by molar-refractivity contribution is -0.128. The molecule has 80 valence electrons. The molecule has 0 spiro atoms. The molecule has 0 unspecified atom stereocenters. The van der Waals surface area contributed by atoms with Gasteiger partial charge in [0.05, 0.1) is 13.0 Å². The largest absolute Gasteiger partial charge is 0.479 e. The zero-order valence-corrected chi connectivity index (χ0v) is 8.06. The molecule has 0 aliphatic carbocycles. The van der Waals surface area contributed by atoms with Crippen LogP contribution in [0.15, 0.2) is 12.1 Å². The molecule has 0 fully saturated rings. The Bertz CT molecular complexity index is 303. The molecule has 1 aromatic heterocycles. The lowest BCUT2D eigenvalue weighted by Crippen LogP contribution is -2.14. The van der Waals surface area contributed by atoms with Gasteiger partial charge in [0.1, 0.15) is 0 Å². The number of hydrogen-bond donors (Lipinski definition) is 0. The first-order valence-corrected chi connectivity index (χ1v) is 4.28. The van der Waals surface area contributed by atoms with Gasteiger partial charge in [-0.3, -0.25) is 0 Å². The third kappa shape index (κ3) is 2.68. The van der Waals surface area contributed by atoms with Gasteiger partial charge in [-0.05, 0) is 13.0 Å². The molecule has 0 aliphatic rings. The zero-order chi connectivity index (χ0) is 10.8. The second-order valence-corrected chi connectivity index (χ2v) is 2.95. The van der Waals surface area contributed by atoms with Crippen molar-refractivity contribution in [2.45, 2.75) is 19.5 Å². The summed E-state index contributed by atoms with van der Waals surface area (Å²) in [5.41, 5.74) is 0.209. The van der Waals surface area contributed by atoms with Crippen molar-refractivity contribution in [3.8, 4) is 5.88 Å². The smallest absolute Gasteiger partial charge is 0.394 e. The number of ether oxygens (including phenoxy) is 1. The Morgan fingerprint density at radius 2 is 2.00 bits per heavy atom. The van der Waals surface area contributed by atoms with Crippen LogP contribution in [0.5, 0.6) is 5.88 Å². The van der Waals surface area contributed by atoms with Gasteiger partial charge in [-0.1, -0.05) is 0 Å². The van der Waals surface area contributed by atoms with Crippen LogP contribution in [0.3, 0.4) is 0 Å². The Balaban J connectivity index is 2.79. The molecule has 0 N–H and O–H groups in total. The molecule has 0 aliphatic heterocycles. The average molecular weight is 207 g/mol. The summed E-state index contributed by atoms with van der Waals surface area (Å²) in [4.78, 5) is 0. The van der Waals surface area contributed by atoms with Crippen LogP contribution >= 0.6 is 0 Å². The Hall–Kier alpha value is -1.13. The number of alkyl halides is 3. The van der Waals surface area contributed by atoms with Crippen molar-refractivity contribution < 1.29 is 17.9 Å². The number of halogens is 3. The van der Waals surface area contributed by atoms with Gasteiger partial charge in [-0.2, -0.15) is 13.2 Å². The van der Waals surface area contributed by atoms with Gasteiger partial charge >= 0.3 is 6.18 Å². The van der Waals surface area contributed by atoms with E-state index in [1.54, 1.807) is 20.0 Å². The molecule has 0 radical (unpaired) electrons. The third-order valence-electron chi connectivity index (χ3n) is 1.85. The highest BCUT2D eigenvalue weighted by atomic mass is 19.4. The van der Waals surface area contributed by atoms with E-state index in [4.69, 9.17) is 4.74 Å². The summed E-state index contributed by atoms with van der Waals surface area (Å²) < 4.78 is 42.7. The van der Waals surface area contributed by atoms with E-state index >= 15 is 0 Å². The predicted molar refractivity (Wildman–Crippen MR) is 46.3 cm³/mol. The van der Waals surface area contributed by atoms with Crippen molar-refractivity contribution >= 4 is 0 Å². The fraction of sp³-hybridized carbons (Fsp3) is 0.556. The summed E-state index contributed by atoms with van der Waals surface area (Å²) in [7, 11) is 1.56. The van der Waals surface area contributed by atoms with Crippen LogP contribution in [0, 0.1) is 0 Å². The van der Waals surface area contributed by atoms with Gasteiger partial charge in [0, 0.05) is 18.8 Å². The summed E-state index contributed by atoms with van der Waals surface area (Å²) in [5.74, 6) is 0.465. The minimum absolute atomic E-state index is 0.209. The van der Waals surface area contributed by atoms with Crippen molar-refractivity contribution in [1.82, 2.24) is 4.57 Å². The monoisotopic (exact) mass is 207 g/mol. The van der Waals surface area contributed by atoms with Crippen LogP contribution in [-0.2, 0) is 13.5 Å². The maximum atomic E-state index is 12.1. The molecule has 14 heavy (non-hydrogen) atoms. The molecule has 1 rings (SSSR count). The molecule has 0 saturated heterocycles. The Labute approximate surface area is 80.3 Å². The van der Waals surface area contributed by atoms with E-state index in [2.05, 4.69) is 0 Å². The van der Waals surface area contributed by atoms with E-state index < -0.39 is 12.6 Å². The van der Waals surface area contributed by atoms with E-state index in [-0.39, 0.29) is 5.69 Å². The van der Waals surface area contributed by atoms with Gasteiger partial charge in [0.2, 0.25) is 0 Å². The third-order valence-corrected chi connectivity index (χ3v) is 1.85. The molecule has 0 atom stereocenters. The quantitative estimate of drug-likeness (QED) is 0.742. The van der Waals surface area contributed by atoms with E-state index in [0.717, 1.165) is 0 Å². The summed E-state index contributed by atoms with van der Waals surface area (Å²) in [6.45, 7) is 2.24. The second kappa shape index (κ2) is 3.94. The average Bonchev–Trinajstić information content (AvgIpc) is 2.34. The fourth-order valence-corrected chi connectivity index (χ4v) is 1.21. The van der Waals surface area contributed by atoms with E-state index in [1.165, 1.54) is 10.6 Å². The Kier molecular flexibility index (Phi) is 3.08. The van der Waals surface area contributed by atoms with Crippen molar-refractivity contribution in [2.75, 3.05) is 6.61 Å². The van der Waals surface area contributed by atoms with Crippen LogP contribution in [0.2, 0.25) is 0 Å². The summed E-state index contributed by atoms with van der Waals surface area (Å²) in [6.07, 6.45) is -5.09. The van der Waals surface area contributed by atoms with Gasteiger partial charge in [-0.25, -0.2) is 0 Å². The topological polar surface area (TPSA) is 14.2 Å². The van der Waals surface area contributed by atoms with Gasteiger partial charge < -0.3 is 9.30 Å². The first-order valence-electron chi connectivity index (χ1n) is 4.28. The molecular weight excluding hydrogens is 195 g/mol. The highest BCUT2D eigenvalue weighted by Gasteiger charge is 2.29. The number of nitrogens with zero attached hydrogens (tertiary/aromatic N) is 1. The van der Waals surface area contributed by atoms with E-state index in [0.29, 0.717) is 12.5 Å². The molecule has 0 saturated carbocycles. The van der Waals surface area contributed by atoms with Crippen LogP contribution in [0.1, 0.15) is 12.6 Å². The van der Waals surface area contributed by atoms with Crippen molar-refractivity contribution in [3.05, 3.63) is 17.8 Å². The minimum Gasteiger partial charge on any atom is -0.479 e. The molecule has 0 aromatic carbocycles. The van der Waals surface area contributed by atoms with Crippen LogP contribution < -0.4 is 4.74 Å². The normalized spacial score (nSPS) is 11.8. The first kappa shape index (κ1) is 10.9. The summed E-state index contributed by atoms with van der Waals surface area (Å²) in [5, 5.41) is 0. The molecule has 1 heterocycles. The zero-order valence-electron chi connectivity index (χ0n) is 8.06. The minimum atomic E-state index is -4.17. The van der Waals surface area contributed by atoms with Crippen molar-refractivity contribution in [1.29, 1.82) is 0 Å². The fourth-order valence-electron chi connectivity index (χ4n) is 1.21. The maximum absolute atomic E-state index is 12.1. The second-order valence-electron chi connectivity index (χ2n) is 2.95. The van der Waals surface area contributed by atoms with Gasteiger partial charge in [0.25, 0.3) is 0 Å². The number of aromatic nitrogens is 1. The van der Waals surface area contributed by atoms with Crippen LogP contribution in [0.25, 0.3) is 0 Å². The lowest BCUT2D eigenvalue weighted by Gasteiger charge is -2.09. The summed E-state index contributed by atoms with van der Waals surface area (Å²) in [6, 6.07) is 2.98. The predicted octanol–water partition coefficient (Wildman–Crippen LogP) is 2.53. The summed E-state index contributed by atoms with van der Waals surface area (Å²) >= 11 is 0. The standard InChI is InChI=1S/C9H12F3NO/c1-3-14-8-5-4-7(13(8)2)6-9(10,11)12/h4-5H,3,6H2,1-2H3. The first-order chi connectivity index (χ1) is 6.44. The number of hydrogen-bond acceptors (Lipinski definition) is 1. The Morgan fingerprint density at radius 3 is 2.50 bits per heavy atom. The molecule has 0 amide bonds. The maximum Gasteiger partial charge on any atom is 0.394 e. The van der Waals surface area contributed by atoms with E-state index in [1.807, 2.05) is 0 Å². The van der Waals surface area contributed by atoms with Gasteiger partial charge in [0.15, 0.2) is 5.88 Å². The SMILES string of the molecule is CCOc1ccc(CC(F)(F)F)n1C. The molecule has 0 bridgehead atoms. The number of rotatable bonds is 3. The highest BCUT2D eigenvalue weighted by Crippen LogP contribution is 2.24. The highest BCUT2D eigenvalue weighted by molar-refractivity contribution is 5.21. The van der Waals surface area contributed by atoms with Crippen molar-refractivity contribution in [2.24, 2.45) is 7.05 Å². The van der Waals surface area contributed by atoms with Crippen LogP contribution in [0.4, 0.5) is 13.2 Å². The Morgan fingerprint density at radius 1 is 1.36 bits per heavy atom. The van der Waals surface area contributed by atoms with Crippen molar-refractivity contribution in [3.63, 3.8) is 0 Å². The molecule has 1 aromatic rings. The van der Waals surface area contributed by atoms with Crippen LogP contribution in [-0.4, -0.2) is 17.4 Å².